The molecule has 29 heavy (non-hydrogen) atoms. The summed E-state index contributed by atoms with van der Waals surface area (Å²) in [7, 11) is 1.62. The van der Waals surface area contributed by atoms with Crippen molar-refractivity contribution < 1.29 is 14.3 Å². The first-order chi connectivity index (χ1) is 14.1. The van der Waals surface area contributed by atoms with Crippen molar-refractivity contribution in [3.05, 3.63) is 65.7 Å². The lowest BCUT2D eigenvalue weighted by Crippen LogP contribution is -2.34. The number of benzene rings is 2. The third kappa shape index (κ3) is 6.76. The van der Waals surface area contributed by atoms with E-state index in [1.807, 2.05) is 36.0 Å². The van der Waals surface area contributed by atoms with Gasteiger partial charge in [0.2, 0.25) is 5.91 Å². The molecular weight excluding hydrogens is 384 g/mol. The molecule has 0 radical (unpaired) electrons. The molecule has 0 aliphatic carbocycles. The van der Waals surface area contributed by atoms with Crippen molar-refractivity contribution in [1.29, 1.82) is 0 Å². The quantitative estimate of drug-likeness (QED) is 0.527. The normalized spacial score (nSPS) is 14.7. The Kier molecular flexibility index (Phi) is 7.90. The molecule has 0 spiro atoms. The van der Waals surface area contributed by atoms with E-state index < -0.39 is 0 Å². The van der Waals surface area contributed by atoms with Gasteiger partial charge in [-0.25, -0.2) is 0 Å². The molecule has 2 aromatic rings. The molecule has 0 bridgehead atoms. The molecule has 6 heteroatoms. The first kappa shape index (κ1) is 21.1. The van der Waals surface area contributed by atoms with Gasteiger partial charge in [-0.05, 0) is 35.9 Å². The number of nitrogens with zero attached hydrogens (tertiary/aromatic N) is 1. The number of ether oxygens (including phenoxy) is 1. The zero-order valence-electron chi connectivity index (χ0n) is 16.6. The van der Waals surface area contributed by atoms with E-state index in [1.165, 1.54) is 6.08 Å². The van der Waals surface area contributed by atoms with Crippen LogP contribution >= 0.6 is 11.8 Å². The molecule has 0 saturated carbocycles. The van der Waals surface area contributed by atoms with Gasteiger partial charge in [-0.2, -0.15) is 11.8 Å². The van der Waals surface area contributed by atoms with Crippen LogP contribution in [0, 0.1) is 0 Å². The molecule has 1 amide bonds. The summed E-state index contributed by atoms with van der Waals surface area (Å²) in [5, 5.41) is 2.82. The number of amides is 1. The van der Waals surface area contributed by atoms with Gasteiger partial charge in [0.15, 0.2) is 5.78 Å². The molecule has 0 aromatic heterocycles. The van der Waals surface area contributed by atoms with E-state index >= 15 is 0 Å². The summed E-state index contributed by atoms with van der Waals surface area (Å²) in [6, 6.07) is 14.6. The average Bonchev–Trinajstić information content (AvgIpc) is 2.77. The zero-order chi connectivity index (χ0) is 20.5. The molecule has 1 aliphatic rings. The molecule has 152 valence electrons. The number of thioether (sulfide) groups is 1. The predicted molar refractivity (Wildman–Crippen MR) is 120 cm³/mol. The van der Waals surface area contributed by atoms with Gasteiger partial charge < -0.3 is 15.0 Å². The van der Waals surface area contributed by atoms with Gasteiger partial charge in [0.1, 0.15) is 5.75 Å². The second kappa shape index (κ2) is 10.8. The number of carbonyl (C=O) groups is 2. The van der Waals surface area contributed by atoms with Gasteiger partial charge in [-0.1, -0.05) is 24.3 Å². The molecule has 1 saturated heterocycles. The summed E-state index contributed by atoms with van der Waals surface area (Å²) in [5.41, 5.74) is 2.16. The average molecular weight is 411 g/mol. The Morgan fingerprint density at radius 1 is 1.14 bits per heavy atom. The fraction of sp³-hybridized carbons (Fsp3) is 0.304. The van der Waals surface area contributed by atoms with Crippen molar-refractivity contribution in [2.75, 3.05) is 43.6 Å². The van der Waals surface area contributed by atoms with Crippen molar-refractivity contribution in [1.82, 2.24) is 4.90 Å². The number of methoxy groups -OCH3 is 1. The molecule has 0 atom stereocenters. The lowest BCUT2D eigenvalue weighted by atomic mass is 10.1. The Balaban J connectivity index is 1.53. The predicted octanol–water partition coefficient (Wildman–Crippen LogP) is 3.97. The summed E-state index contributed by atoms with van der Waals surface area (Å²) in [4.78, 5) is 27.1. The third-order valence-corrected chi connectivity index (χ3v) is 5.70. The Labute approximate surface area is 176 Å². The lowest BCUT2D eigenvalue weighted by Gasteiger charge is -2.25. The van der Waals surface area contributed by atoms with Crippen molar-refractivity contribution in [3.8, 4) is 5.75 Å². The molecule has 1 heterocycles. The maximum Gasteiger partial charge on any atom is 0.248 e. The smallest absolute Gasteiger partial charge is 0.248 e. The summed E-state index contributed by atoms with van der Waals surface area (Å²) in [6.07, 6.45) is 3.71. The highest BCUT2D eigenvalue weighted by molar-refractivity contribution is 7.99. The van der Waals surface area contributed by atoms with Gasteiger partial charge in [0.25, 0.3) is 0 Å². The minimum atomic E-state index is -0.240. The van der Waals surface area contributed by atoms with Crippen LogP contribution in [0.1, 0.15) is 22.3 Å². The van der Waals surface area contributed by atoms with Crippen LogP contribution in [0.4, 0.5) is 5.69 Å². The molecule has 2 aromatic carbocycles. The highest BCUT2D eigenvalue weighted by Gasteiger charge is 2.13. The standard InChI is InChI=1S/C23H26N2O3S/c1-28-21-8-5-18(6-9-21)7-10-23(27)24-20-4-2-3-19(17-20)22(26)11-12-25-13-15-29-16-14-25/h2-10,17H,11-16H2,1H3,(H,24,27)/b10-7+. The summed E-state index contributed by atoms with van der Waals surface area (Å²) in [5.74, 6) is 2.91. The number of ketones is 1. The first-order valence-corrected chi connectivity index (χ1v) is 10.9. The Bertz CT molecular complexity index is 859. The molecule has 1 fully saturated rings. The largest absolute Gasteiger partial charge is 0.497 e. The second-order valence-electron chi connectivity index (χ2n) is 6.80. The minimum Gasteiger partial charge on any atom is -0.497 e. The lowest BCUT2D eigenvalue weighted by molar-refractivity contribution is -0.111. The summed E-state index contributed by atoms with van der Waals surface area (Å²) >= 11 is 1.96. The van der Waals surface area contributed by atoms with Crippen molar-refractivity contribution in [2.24, 2.45) is 0 Å². The number of anilines is 1. The van der Waals surface area contributed by atoms with Gasteiger partial charge in [-0.15, -0.1) is 0 Å². The molecule has 1 aliphatic heterocycles. The van der Waals surface area contributed by atoms with E-state index in [2.05, 4.69) is 10.2 Å². The first-order valence-electron chi connectivity index (χ1n) is 9.70. The number of hydrogen-bond donors (Lipinski definition) is 1. The third-order valence-electron chi connectivity index (χ3n) is 4.75. The van der Waals surface area contributed by atoms with Crippen LogP contribution in [0.5, 0.6) is 5.75 Å². The van der Waals surface area contributed by atoms with E-state index in [-0.39, 0.29) is 11.7 Å². The number of nitrogens with one attached hydrogen (secondary N) is 1. The molecule has 0 unspecified atom stereocenters. The van der Waals surface area contributed by atoms with Crippen molar-refractivity contribution in [2.45, 2.75) is 6.42 Å². The fourth-order valence-electron chi connectivity index (χ4n) is 3.07. The van der Waals surface area contributed by atoms with Crippen LogP contribution < -0.4 is 10.1 Å². The Morgan fingerprint density at radius 2 is 1.90 bits per heavy atom. The van der Waals surface area contributed by atoms with Crippen molar-refractivity contribution >= 4 is 35.2 Å². The van der Waals surface area contributed by atoms with Crippen molar-refractivity contribution in [3.63, 3.8) is 0 Å². The SMILES string of the molecule is COc1ccc(/C=C/C(=O)Nc2cccc(C(=O)CCN3CCSCC3)c2)cc1. The van der Waals surface area contributed by atoms with E-state index in [1.54, 1.807) is 37.5 Å². The Morgan fingerprint density at radius 3 is 2.62 bits per heavy atom. The second-order valence-corrected chi connectivity index (χ2v) is 8.03. The van der Waals surface area contributed by atoms with E-state index in [0.29, 0.717) is 17.7 Å². The van der Waals surface area contributed by atoms with Gasteiger partial charge in [0, 0.05) is 54.9 Å². The van der Waals surface area contributed by atoms with Crippen LogP contribution in [0.3, 0.4) is 0 Å². The zero-order valence-corrected chi connectivity index (χ0v) is 17.4. The fourth-order valence-corrected chi connectivity index (χ4v) is 4.05. The molecule has 5 nitrogen and oxygen atoms in total. The van der Waals surface area contributed by atoms with E-state index in [4.69, 9.17) is 4.74 Å². The number of carbonyl (C=O) groups excluding carboxylic acids is 2. The van der Waals surface area contributed by atoms with Crippen LogP contribution in [-0.2, 0) is 4.79 Å². The maximum absolute atomic E-state index is 12.5. The summed E-state index contributed by atoms with van der Waals surface area (Å²) in [6.45, 7) is 2.89. The molecule has 3 rings (SSSR count). The highest BCUT2D eigenvalue weighted by Crippen LogP contribution is 2.15. The number of rotatable bonds is 8. The Hall–Kier alpha value is -2.57. The van der Waals surface area contributed by atoms with Crippen LogP contribution in [0.2, 0.25) is 0 Å². The van der Waals surface area contributed by atoms with E-state index in [0.717, 1.165) is 42.5 Å². The van der Waals surface area contributed by atoms with Gasteiger partial charge in [-0.3, -0.25) is 9.59 Å². The topological polar surface area (TPSA) is 58.6 Å². The molecule has 1 N–H and O–H groups in total. The van der Waals surface area contributed by atoms with Crippen LogP contribution in [0.15, 0.2) is 54.6 Å². The number of hydrogen-bond acceptors (Lipinski definition) is 5. The minimum absolute atomic E-state index is 0.105. The van der Waals surface area contributed by atoms with Gasteiger partial charge >= 0.3 is 0 Å². The van der Waals surface area contributed by atoms with Crippen LogP contribution in [0.25, 0.3) is 6.08 Å². The molecular formula is C23H26N2O3S. The number of Topliss-reactive ketones (excluding diaryl/α,β-unsaturated/α-hetero) is 1. The monoisotopic (exact) mass is 410 g/mol. The van der Waals surface area contributed by atoms with Crippen LogP contribution in [-0.4, -0.2) is 54.8 Å². The highest BCUT2D eigenvalue weighted by atomic mass is 32.2. The maximum atomic E-state index is 12.5. The summed E-state index contributed by atoms with van der Waals surface area (Å²) < 4.78 is 5.12. The van der Waals surface area contributed by atoms with E-state index in [9.17, 15) is 9.59 Å². The van der Waals surface area contributed by atoms with Gasteiger partial charge in [0.05, 0.1) is 7.11 Å².